The average Bonchev–Trinajstić information content (AvgIpc) is 2.39. The molecular weight excluding hydrogens is 229 g/mol. The van der Waals surface area contributed by atoms with E-state index in [9.17, 15) is 4.39 Å². The number of rotatable bonds is 4. The van der Waals surface area contributed by atoms with E-state index in [1.54, 1.807) is 6.07 Å². The van der Waals surface area contributed by atoms with Crippen molar-refractivity contribution in [3.63, 3.8) is 0 Å². The maximum atomic E-state index is 13.8. The van der Waals surface area contributed by atoms with Crippen molar-refractivity contribution in [3.8, 4) is 0 Å². The SMILES string of the molecule is N=Cc1cc(CCC2CCCNC2)c(F)cc1N. The Bertz CT molecular complexity index is 425. The van der Waals surface area contributed by atoms with Crippen LogP contribution in [0.3, 0.4) is 0 Å². The molecular formula is C14H20FN3. The predicted molar refractivity (Wildman–Crippen MR) is 72.6 cm³/mol. The second-order valence-corrected chi connectivity index (χ2v) is 4.97. The third-order valence-corrected chi connectivity index (χ3v) is 3.63. The molecule has 0 amide bonds. The quantitative estimate of drug-likeness (QED) is 0.566. The Hall–Kier alpha value is -1.42. The molecule has 1 atom stereocenters. The van der Waals surface area contributed by atoms with Crippen LogP contribution in [-0.4, -0.2) is 19.3 Å². The summed E-state index contributed by atoms with van der Waals surface area (Å²) in [4.78, 5) is 0. The highest BCUT2D eigenvalue weighted by atomic mass is 19.1. The number of hydrogen-bond acceptors (Lipinski definition) is 3. The molecule has 4 heteroatoms. The number of anilines is 1. The van der Waals surface area contributed by atoms with Gasteiger partial charge in [0.2, 0.25) is 0 Å². The van der Waals surface area contributed by atoms with E-state index in [0.717, 1.165) is 25.9 Å². The van der Waals surface area contributed by atoms with Crippen molar-refractivity contribution in [2.75, 3.05) is 18.8 Å². The lowest BCUT2D eigenvalue weighted by molar-refractivity contribution is 0.356. The summed E-state index contributed by atoms with van der Waals surface area (Å²) in [6.45, 7) is 2.14. The highest BCUT2D eigenvalue weighted by Gasteiger charge is 2.14. The van der Waals surface area contributed by atoms with E-state index in [1.807, 2.05) is 0 Å². The van der Waals surface area contributed by atoms with Gasteiger partial charge in [0, 0.05) is 17.5 Å². The molecule has 0 aromatic heterocycles. The number of nitrogens with one attached hydrogen (secondary N) is 2. The van der Waals surface area contributed by atoms with Crippen LogP contribution < -0.4 is 11.1 Å². The van der Waals surface area contributed by atoms with Crippen molar-refractivity contribution in [1.29, 1.82) is 5.41 Å². The predicted octanol–water partition coefficient (Wildman–Crippen LogP) is 2.34. The Morgan fingerprint density at radius 3 is 3.00 bits per heavy atom. The normalized spacial score (nSPS) is 19.7. The zero-order valence-corrected chi connectivity index (χ0v) is 10.5. The second-order valence-electron chi connectivity index (χ2n) is 4.97. The third-order valence-electron chi connectivity index (χ3n) is 3.63. The van der Waals surface area contributed by atoms with Crippen molar-refractivity contribution in [3.05, 3.63) is 29.1 Å². The lowest BCUT2D eigenvalue weighted by Gasteiger charge is -2.22. The third kappa shape index (κ3) is 3.07. The number of benzene rings is 1. The second kappa shape index (κ2) is 5.96. The molecule has 98 valence electrons. The number of nitrogen functional groups attached to an aromatic ring is 1. The maximum absolute atomic E-state index is 13.8. The van der Waals surface area contributed by atoms with Gasteiger partial charge in [-0.2, -0.15) is 0 Å². The summed E-state index contributed by atoms with van der Waals surface area (Å²) in [5, 5.41) is 10.6. The van der Waals surface area contributed by atoms with Crippen LogP contribution in [0.4, 0.5) is 10.1 Å². The molecule has 0 bridgehead atoms. The van der Waals surface area contributed by atoms with Crippen molar-refractivity contribution < 1.29 is 4.39 Å². The van der Waals surface area contributed by atoms with Crippen molar-refractivity contribution in [2.24, 2.45) is 5.92 Å². The average molecular weight is 249 g/mol. The van der Waals surface area contributed by atoms with Crippen LogP contribution in [0.2, 0.25) is 0 Å². The van der Waals surface area contributed by atoms with E-state index in [-0.39, 0.29) is 5.82 Å². The molecule has 0 saturated carbocycles. The summed E-state index contributed by atoms with van der Waals surface area (Å²) in [6, 6.07) is 3.03. The van der Waals surface area contributed by atoms with Crippen molar-refractivity contribution >= 4 is 11.9 Å². The minimum Gasteiger partial charge on any atom is -0.398 e. The van der Waals surface area contributed by atoms with Crippen molar-refractivity contribution in [2.45, 2.75) is 25.7 Å². The monoisotopic (exact) mass is 249 g/mol. The lowest BCUT2D eigenvalue weighted by atomic mass is 9.92. The first-order valence-corrected chi connectivity index (χ1v) is 6.50. The Labute approximate surface area is 107 Å². The van der Waals surface area contributed by atoms with Gasteiger partial charge in [-0.05, 0) is 62.4 Å². The fourth-order valence-corrected chi connectivity index (χ4v) is 2.50. The highest BCUT2D eigenvalue weighted by molar-refractivity contribution is 5.85. The molecule has 18 heavy (non-hydrogen) atoms. The standard InChI is InChI=1S/C14H20FN3/c15-13-7-14(17)12(8-16)6-11(13)4-3-10-2-1-5-18-9-10/h6-8,10,16,18H,1-5,9,17H2. The van der Waals surface area contributed by atoms with Crippen LogP contribution in [0, 0.1) is 17.1 Å². The van der Waals surface area contributed by atoms with Gasteiger partial charge in [-0.15, -0.1) is 0 Å². The molecule has 0 spiro atoms. The fourth-order valence-electron chi connectivity index (χ4n) is 2.50. The van der Waals surface area contributed by atoms with Crippen LogP contribution in [0.1, 0.15) is 30.4 Å². The number of nitrogens with two attached hydrogens (primary N) is 1. The topological polar surface area (TPSA) is 61.9 Å². The van der Waals surface area contributed by atoms with Crippen LogP contribution in [0.5, 0.6) is 0 Å². The van der Waals surface area contributed by atoms with Crippen LogP contribution in [0.25, 0.3) is 0 Å². The molecule has 0 aliphatic carbocycles. The number of aryl methyl sites for hydroxylation is 1. The molecule has 2 rings (SSSR count). The lowest BCUT2D eigenvalue weighted by Crippen LogP contribution is -2.30. The Morgan fingerprint density at radius 1 is 1.50 bits per heavy atom. The molecule has 1 unspecified atom stereocenters. The van der Waals surface area contributed by atoms with E-state index in [1.165, 1.54) is 25.1 Å². The summed E-state index contributed by atoms with van der Waals surface area (Å²) >= 11 is 0. The minimum absolute atomic E-state index is 0.248. The van der Waals surface area contributed by atoms with Crippen molar-refractivity contribution in [1.82, 2.24) is 5.32 Å². The minimum atomic E-state index is -0.248. The number of hydrogen-bond donors (Lipinski definition) is 3. The summed E-state index contributed by atoms with van der Waals surface area (Å²) in [5.74, 6) is 0.390. The van der Waals surface area contributed by atoms with E-state index >= 15 is 0 Å². The fraction of sp³-hybridized carbons (Fsp3) is 0.500. The van der Waals surface area contributed by atoms with Crippen LogP contribution in [-0.2, 0) is 6.42 Å². The van der Waals surface area contributed by atoms with Gasteiger partial charge in [0.05, 0.1) is 0 Å². The first-order valence-electron chi connectivity index (χ1n) is 6.50. The molecule has 1 aliphatic heterocycles. The number of halogens is 1. The molecule has 1 heterocycles. The number of piperidine rings is 1. The summed E-state index contributed by atoms with van der Waals surface area (Å²) in [5.41, 5.74) is 7.26. The molecule has 1 aromatic rings. The van der Waals surface area contributed by atoms with Gasteiger partial charge in [0.1, 0.15) is 5.82 Å². The maximum Gasteiger partial charge on any atom is 0.128 e. The molecule has 1 fully saturated rings. The van der Waals surface area contributed by atoms with Gasteiger partial charge >= 0.3 is 0 Å². The van der Waals surface area contributed by atoms with Gasteiger partial charge < -0.3 is 16.5 Å². The zero-order chi connectivity index (χ0) is 13.0. The van der Waals surface area contributed by atoms with E-state index in [4.69, 9.17) is 11.1 Å². The molecule has 1 aliphatic rings. The molecule has 3 nitrogen and oxygen atoms in total. The van der Waals surface area contributed by atoms with Gasteiger partial charge in [-0.1, -0.05) is 0 Å². The summed E-state index contributed by atoms with van der Waals surface area (Å²) in [7, 11) is 0. The zero-order valence-electron chi connectivity index (χ0n) is 10.5. The van der Waals surface area contributed by atoms with E-state index in [2.05, 4.69) is 5.32 Å². The Morgan fingerprint density at radius 2 is 2.33 bits per heavy atom. The first kappa shape index (κ1) is 13.0. The van der Waals surface area contributed by atoms with Gasteiger partial charge in [-0.25, -0.2) is 4.39 Å². The van der Waals surface area contributed by atoms with Crippen LogP contribution >= 0.6 is 0 Å². The Kier molecular flexibility index (Phi) is 4.31. The van der Waals surface area contributed by atoms with Gasteiger partial charge in [0.25, 0.3) is 0 Å². The summed E-state index contributed by atoms with van der Waals surface area (Å²) < 4.78 is 13.8. The van der Waals surface area contributed by atoms with Gasteiger partial charge in [-0.3, -0.25) is 0 Å². The van der Waals surface area contributed by atoms with Crippen LogP contribution in [0.15, 0.2) is 12.1 Å². The highest BCUT2D eigenvalue weighted by Crippen LogP contribution is 2.21. The molecule has 1 saturated heterocycles. The summed E-state index contributed by atoms with van der Waals surface area (Å²) in [6.07, 6.45) is 5.33. The smallest absolute Gasteiger partial charge is 0.128 e. The van der Waals surface area contributed by atoms with E-state index in [0.29, 0.717) is 22.7 Å². The molecule has 1 aromatic carbocycles. The van der Waals surface area contributed by atoms with Gasteiger partial charge in [0.15, 0.2) is 0 Å². The first-order chi connectivity index (χ1) is 8.70. The molecule has 4 N–H and O–H groups in total. The van der Waals surface area contributed by atoms with E-state index < -0.39 is 0 Å². The molecule has 0 radical (unpaired) electrons. The largest absolute Gasteiger partial charge is 0.398 e. The Balaban J connectivity index is 2.01.